The molecule has 0 atom stereocenters. The highest BCUT2D eigenvalue weighted by Gasteiger charge is 2.17. The second-order valence-electron chi connectivity index (χ2n) is 5.09. The molecule has 1 aromatic carbocycles. The Bertz CT molecular complexity index is 923. The highest BCUT2D eigenvalue weighted by molar-refractivity contribution is 7.16. The van der Waals surface area contributed by atoms with Crippen LogP contribution in [0.25, 0.3) is 5.69 Å². The number of para-hydroxylation sites is 2. The maximum Gasteiger partial charge on any atom is 0.357 e. The standard InChI is InChI=1S/C16H15N5O4S/c1-10-14(15(23)24-2)20-16(26-10)19-13(22)7-25-12-6-4-3-5-11(12)21-8-17-18-9-21/h3-6,8-9H,7H2,1-2H3,(H,19,20,22). The van der Waals surface area contributed by atoms with Gasteiger partial charge in [0, 0.05) is 4.88 Å². The Balaban J connectivity index is 1.65. The molecule has 3 aromatic rings. The Morgan fingerprint density at radius 1 is 1.23 bits per heavy atom. The summed E-state index contributed by atoms with van der Waals surface area (Å²) in [4.78, 5) is 28.4. The molecule has 1 N–H and O–H groups in total. The van der Waals surface area contributed by atoms with Crippen LogP contribution in [0.15, 0.2) is 36.9 Å². The first-order valence-electron chi connectivity index (χ1n) is 7.51. The van der Waals surface area contributed by atoms with Crippen LogP contribution in [0.3, 0.4) is 0 Å². The lowest BCUT2D eigenvalue weighted by Crippen LogP contribution is -2.20. The molecule has 0 bridgehead atoms. The van der Waals surface area contributed by atoms with Crippen molar-refractivity contribution < 1.29 is 19.1 Å². The Labute approximate surface area is 152 Å². The lowest BCUT2D eigenvalue weighted by molar-refractivity contribution is -0.118. The quantitative estimate of drug-likeness (QED) is 0.657. The molecule has 9 nitrogen and oxygen atoms in total. The lowest BCUT2D eigenvalue weighted by atomic mass is 10.3. The Morgan fingerprint density at radius 2 is 1.96 bits per heavy atom. The van der Waals surface area contributed by atoms with Crippen molar-refractivity contribution in [3.8, 4) is 11.4 Å². The summed E-state index contributed by atoms with van der Waals surface area (Å²) in [6.07, 6.45) is 3.07. The zero-order chi connectivity index (χ0) is 18.5. The molecule has 0 aliphatic heterocycles. The van der Waals surface area contributed by atoms with E-state index in [0.29, 0.717) is 21.4 Å². The van der Waals surface area contributed by atoms with E-state index >= 15 is 0 Å². The monoisotopic (exact) mass is 373 g/mol. The number of nitrogens with zero attached hydrogens (tertiary/aromatic N) is 4. The number of thiazole rings is 1. The number of aryl methyl sites for hydroxylation is 1. The zero-order valence-corrected chi connectivity index (χ0v) is 14.8. The van der Waals surface area contributed by atoms with Gasteiger partial charge in [-0.25, -0.2) is 9.78 Å². The highest BCUT2D eigenvalue weighted by Crippen LogP contribution is 2.24. The van der Waals surface area contributed by atoms with E-state index in [4.69, 9.17) is 4.74 Å². The summed E-state index contributed by atoms with van der Waals surface area (Å²) in [6.45, 7) is 1.51. The smallest absolute Gasteiger partial charge is 0.357 e. The van der Waals surface area contributed by atoms with Crippen LogP contribution in [0.4, 0.5) is 5.13 Å². The van der Waals surface area contributed by atoms with Crippen LogP contribution in [0.2, 0.25) is 0 Å². The maximum atomic E-state index is 12.1. The molecule has 0 aliphatic rings. The van der Waals surface area contributed by atoms with Gasteiger partial charge in [0.2, 0.25) is 0 Å². The third kappa shape index (κ3) is 3.86. The topological polar surface area (TPSA) is 108 Å². The van der Waals surface area contributed by atoms with Crippen LogP contribution >= 0.6 is 11.3 Å². The number of carbonyl (C=O) groups excluding carboxylic acids is 2. The van der Waals surface area contributed by atoms with Gasteiger partial charge in [0.15, 0.2) is 17.4 Å². The zero-order valence-electron chi connectivity index (χ0n) is 14.0. The third-order valence-corrected chi connectivity index (χ3v) is 4.23. The minimum Gasteiger partial charge on any atom is -0.482 e. The van der Waals surface area contributed by atoms with Crippen molar-refractivity contribution in [2.75, 3.05) is 19.0 Å². The summed E-state index contributed by atoms with van der Waals surface area (Å²) in [6, 6.07) is 7.21. The SMILES string of the molecule is COC(=O)c1nc(NC(=O)COc2ccccc2-n2cnnc2)sc1C. The number of carbonyl (C=O) groups is 2. The Kier molecular flexibility index (Phi) is 5.23. The fourth-order valence-electron chi connectivity index (χ4n) is 2.15. The molecule has 3 rings (SSSR count). The largest absolute Gasteiger partial charge is 0.482 e. The van der Waals surface area contributed by atoms with E-state index in [2.05, 4.69) is 25.2 Å². The molecule has 0 unspecified atom stereocenters. The van der Waals surface area contributed by atoms with Gasteiger partial charge in [0.05, 0.1) is 12.8 Å². The minimum absolute atomic E-state index is 0.187. The van der Waals surface area contributed by atoms with E-state index in [0.717, 1.165) is 0 Å². The average Bonchev–Trinajstić information content (AvgIpc) is 3.29. The minimum atomic E-state index is -0.543. The third-order valence-electron chi connectivity index (χ3n) is 3.34. The van der Waals surface area contributed by atoms with Crippen molar-refractivity contribution >= 4 is 28.3 Å². The number of anilines is 1. The van der Waals surface area contributed by atoms with Crippen LogP contribution in [0, 0.1) is 6.92 Å². The Hall–Kier alpha value is -3.27. The van der Waals surface area contributed by atoms with Crippen molar-refractivity contribution in [3.63, 3.8) is 0 Å². The summed E-state index contributed by atoms with van der Waals surface area (Å²) in [5.74, 6) is -0.430. The molecular weight excluding hydrogens is 358 g/mol. The van der Waals surface area contributed by atoms with E-state index in [1.165, 1.54) is 31.1 Å². The number of ether oxygens (including phenoxy) is 2. The van der Waals surface area contributed by atoms with Crippen LogP contribution in [0.5, 0.6) is 5.75 Å². The Morgan fingerprint density at radius 3 is 2.69 bits per heavy atom. The normalized spacial score (nSPS) is 10.4. The van der Waals surface area contributed by atoms with Gasteiger partial charge in [-0.2, -0.15) is 0 Å². The summed E-state index contributed by atoms with van der Waals surface area (Å²) < 4.78 is 11.9. The average molecular weight is 373 g/mol. The molecular formula is C16H15N5O4S. The predicted molar refractivity (Wildman–Crippen MR) is 93.7 cm³/mol. The van der Waals surface area contributed by atoms with Crippen molar-refractivity contribution in [3.05, 3.63) is 47.5 Å². The predicted octanol–water partition coefficient (Wildman–Crippen LogP) is 1.84. The number of hydrogen-bond acceptors (Lipinski definition) is 8. The molecule has 0 spiro atoms. The van der Waals surface area contributed by atoms with Gasteiger partial charge in [-0.15, -0.1) is 21.5 Å². The molecule has 10 heteroatoms. The molecule has 0 fully saturated rings. The van der Waals surface area contributed by atoms with E-state index in [-0.39, 0.29) is 12.3 Å². The molecule has 0 aliphatic carbocycles. The summed E-state index contributed by atoms with van der Waals surface area (Å²) in [7, 11) is 1.28. The molecule has 1 amide bonds. The van der Waals surface area contributed by atoms with Gasteiger partial charge in [-0.05, 0) is 19.1 Å². The van der Waals surface area contributed by atoms with Crippen molar-refractivity contribution in [1.29, 1.82) is 0 Å². The number of methoxy groups -OCH3 is 1. The van der Waals surface area contributed by atoms with Gasteiger partial charge in [-0.3, -0.25) is 14.7 Å². The van der Waals surface area contributed by atoms with Gasteiger partial charge < -0.3 is 9.47 Å². The molecule has 0 saturated carbocycles. The van der Waals surface area contributed by atoms with Crippen LogP contribution in [-0.2, 0) is 9.53 Å². The number of nitrogens with one attached hydrogen (secondary N) is 1. The molecule has 0 radical (unpaired) electrons. The first kappa shape index (κ1) is 17.5. The fourth-order valence-corrected chi connectivity index (χ4v) is 2.97. The van der Waals surface area contributed by atoms with E-state index in [1.54, 1.807) is 23.6 Å². The molecule has 2 aromatic heterocycles. The molecule has 134 valence electrons. The molecule has 26 heavy (non-hydrogen) atoms. The number of aromatic nitrogens is 4. The van der Waals surface area contributed by atoms with E-state index < -0.39 is 11.9 Å². The second kappa shape index (κ2) is 7.74. The van der Waals surface area contributed by atoms with Crippen LogP contribution in [0.1, 0.15) is 15.4 Å². The van der Waals surface area contributed by atoms with Gasteiger partial charge in [0.25, 0.3) is 5.91 Å². The van der Waals surface area contributed by atoms with Gasteiger partial charge in [0.1, 0.15) is 18.4 Å². The van der Waals surface area contributed by atoms with Crippen LogP contribution in [-0.4, -0.2) is 45.3 Å². The van der Waals surface area contributed by atoms with E-state index in [1.807, 2.05) is 12.1 Å². The number of esters is 1. The van der Waals surface area contributed by atoms with Crippen molar-refractivity contribution in [2.24, 2.45) is 0 Å². The van der Waals surface area contributed by atoms with Crippen LogP contribution < -0.4 is 10.1 Å². The summed E-state index contributed by atoms with van der Waals surface area (Å²) >= 11 is 1.19. The highest BCUT2D eigenvalue weighted by atomic mass is 32.1. The maximum absolute atomic E-state index is 12.1. The van der Waals surface area contributed by atoms with Gasteiger partial charge >= 0.3 is 5.97 Å². The van der Waals surface area contributed by atoms with Crippen molar-refractivity contribution in [2.45, 2.75) is 6.92 Å². The van der Waals surface area contributed by atoms with Gasteiger partial charge in [-0.1, -0.05) is 12.1 Å². The van der Waals surface area contributed by atoms with Crippen molar-refractivity contribution in [1.82, 2.24) is 19.7 Å². The summed E-state index contributed by atoms with van der Waals surface area (Å²) in [5.41, 5.74) is 0.898. The second-order valence-corrected chi connectivity index (χ2v) is 6.29. The fraction of sp³-hybridized carbons (Fsp3) is 0.188. The molecule has 0 saturated heterocycles. The lowest BCUT2D eigenvalue weighted by Gasteiger charge is -2.10. The number of rotatable bonds is 6. The van der Waals surface area contributed by atoms with E-state index in [9.17, 15) is 9.59 Å². The molecule has 2 heterocycles. The number of benzene rings is 1. The first-order chi connectivity index (χ1) is 12.6. The first-order valence-corrected chi connectivity index (χ1v) is 8.32. The summed E-state index contributed by atoms with van der Waals surface area (Å²) in [5, 5.41) is 10.4. The number of amides is 1. The number of hydrogen-bond donors (Lipinski definition) is 1.